The van der Waals surface area contributed by atoms with Crippen molar-refractivity contribution in [2.75, 3.05) is 0 Å². The topological polar surface area (TPSA) is 72.3 Å². The molecule has 0 radical (unpaired) electrons. The van der Waals surface area contributed by atoms with Gasteiger partial charge in [-0.3, -0.25) is 0 Å². The van der Waals surface area contributed by atoms with Crippen LogP contribution in [0.4, 0.5) is 0 Å². The van der Waals surface area contributed by atoms with Gasteiger partial charge in [-0.05, 0) is 25.0 Å². The maximum Gasteiger partial charge on any atom is 0.339 e. The van der Waals surface area contributed by atoms with Gasteiger partial charge in [-0.1, -0.05) is 19.1 Å². The van der Waals surface area contributed by atoms with Gasteiger partial charge in [0.2, 0.25) is 5.88 Å². The van der Waals surface area contributed by atoms with E-state index in [-0.39, 0.29) is 5.56 Å². The van der Waals surface area contributed by atoms with Gasteiger partial charge in [-0.25, -0.2) is 14.8 Å². The highest BCUT2D eigenvalue weighted by molar-refractivity contribution is 5.91. The van der Waals surface area contributed by atoms with Crippen LogP contribution in [0.2, 0.25) is 0 Å². The van der Waals surface area contributed by atoms with E-state index < -0.39 is 5.97 Å². The fourth-order valence-corrected chi connectivity index (χ4v) is 1.69. The van der Waals surface area contributed by atoms with E-state index in [0.29, 0.717) is 11.6 Å². The lowest BCUT2D eigenvalue weighted by Gasteiger charge is -2.10. The second kappa shape index (κ2) is 5.48. The summed E-state index contributed by atoms with van der Waals surface area (Å²) in [6, 6.07) is 6.69. The fourth-order valence-electron chi connectivity index (χ4n) is 1.69. The number of para-hydroxylation sites is 1. The fraction of sp³-hybridized carbons (Fsp3) is 0.214. The Kier molecular flexibility index (Phi) is 3.75. The zero-order valence-corrected chi connectivity index (χ0v) is 10.8. The minimum Gasteiger partial charge on any atom is -0.478 e. The molecule has 0 aliphatic heterocycles. The van der Waals surface area contributed by atoms with E-state index in [1.165, 1.54) is 12.4 Å². The summed E-state index contributed by atoms with van der Waals surface area (Å²) in [4.78, 5) is 19.2. The molecule has 2 aromatic rings. The summed E-state index contributed by atoms with van der Waals surface area (Å²) in [6.45, 7) is 3.77. The van der Waals surface area contributed by atoms with Crippen molar-refractivity contribution in [3.05, 3.63) is 47.4 Å². The summed E-state index contributed by atoms with van der Waals surface area (Å²) in [7, 11) is 0. The van der Waals surface area contributed by atoms with Gasteiger partial charge in [0.1, 0.15) is 17.6 Å². The number of carboxylic acids is 1. The molecule has 19 heavy (non-hydrogen) atoms. The summed E-state index contributed by atoms with van der Waals surface area (Å²) in [6.07, 6.45) is 2.17. The highest BCUT2D eigenvalue weighted by Crippen LogP contribution is 2.28. The number of ether oxygens (including phenoxy) is 1. The van der Waals surface area contributed by atoms with Gasteiger partial charge in [0, 0.05) is 11.8 Å². The zero-order chi connectivity index (χ0) is 13.8. The molecule has 1 N–H and O–H groups in total. The number of carboxylic acid groups (broad SMARTS) is 1. The lowest BCUT2D eigenvalue weighted by atomic mass is 10.1. The van der Waals surface area contributed by atoms with Gasteiger partial charge in [0.05, 0.1) is 0 Å². The molecule has 1 heterocycles. The monoisotopic (exact) mass is 258 g/mol. The SMILES string of the molecule is CCc1cc(Oc2c(C)cccc2C(=O)O)ncn1. The Morgan fingerprint density at radius 1 is 1.37 bits per heavy atom. The minimum atomic E-state index is -1.02. The molecule has 1 aromatic carbocycles. The van der Waals surface area contributed by atoms with Crippen LogP contribution in [-0.4, -0.2) is 21.0 Å². The highest BCUT2D eigenvalue weighted by Gasteiger charge is 2.14. The van der Waals surface area contributed by atoms with Crippen LogP contribution in [0, 0.1) is 6.92 Å². The Bertz CT molecular complexity index is 611. The van der Waals surface area contributed by atoms with E-state index in [0.717, 1.165) is 17.7 Å². The van der Waals surface area contributed by atoms with Crippen molar-refractivity contribution < 1.29 is 14.6 Å². The minimum absolute atomic E-state index is 0.122. The van der Waals surface area contributed by atoms with Crippen molar-refractivity contribution in [1.29, 1.82) is 0 Å². The van der Waals surface area contributed by atoms with Crippen molar-refractivity contribution in [3.8, 4) is 11.6 Å². The number of rotatable bonds is 4. The third kappa shape index (κ3) is 2.88. The summed E-state index contributed by atoms with van der Waals surface area (Å²) < 4.78 is 5.61. The molecule has 5 heteroatoms. The molecule has 0 aliphatic carbocycles. The molecule has 2 rings (SSSR count). The number of aromatic nitrogens is 2. The Labute approximate surface area is 110 Å². The van der Waals surface area contributed by atoms with Gasteiger partial charge in [0.25, 0.3) is 0 Å². The van der Waals surface area contributed by atoms with Gasteiger partial charge < -0.3 is 9.84 Å². The van der Waals surface area contributed by atoms with Crippen LogP contribution in [0.15, 0.2) is 30.6 Å². The predicted octanol–water partition coefficient (Wildman–Crippen LogP) is 2.84. The molecule has 98 valence electrons. The van der Waals surface area contributed by atoms with Crippen LogP contribution in [0.1, 0.15) is 28.5 Å². The predicted molar refractivity (Wildman–Crippen MR) is 69.6 cm³/mol. The molecule has 0 saturated heterocycles. The van der Waals surface area contributed by atoms with Crippen LogP contribution in [-0.2, 0) is 6.42 Å². The maximum atomic E-state index is 11.2. The number of nitrogens with zero attached hydrogens (tertiary/aromatic N) is 2. The number of hydrogen-bond acceptors (Lipinski definition) is 4. The average molecular weight is 258 g/mol. The largest absolute Gasteiger partial charge is 0.478 e. The van der Waals surface area contributed by atoms with Gasteiger partial charge in [-0.15, -0.1) is 0 Å². The van der Waals surface area contributed by atoms with Crippen LogP contribution < -0.4 is 4.74 Å². The lowest BCUT2D eigenvalue weighted by molar-refractivity contribution is 0.0694. The van der Waals surface area contributed by atoms with Crippen molar-refractivity contribution in [2.24, 2.45) is 0 Å². The van der Waals surface area contributed by atoms with Crippen molar-refractivity contribution in [2.45, 2.75) is 20.3 Å². The van der Waals surface area contributed by atoms with E-state index in [1.54, 1.807) is 25.1 Å². The molecular formula is C14H14N2O3. The normalized spacial score (nSPS) is 10.2. The van der Waals surface area contributed by atoms with Crippen LogP contribution in [0.3, 0.4) is 0 Å². The van der Waals surface area contributed by atoms with Crippen LogP contribution in [0.5, 0.6) is 11.6 Å². The van der Waals surface area contributed by atoms with E-state index in [2.05, 4.69) is 9.97 Å². The molecule has 0 spiro atoms. The smallest absolute Gasteiger partial charge is 0.339 e. The first-order valence-corrected chi connectivity index (χ1v) is 5.93. The number of carbonyl (C=O) groups is 1. The van der Waals surface area contributed by atoms with E-state index in [9.17, 15) is 4.79 Å². The molecule has 0 atom stereocenters. The van der Waals surface area contributed by atoms with E-state index in [4.69, 9.17) is 9.84 Å². The summed E-state index contributed by atoms with van der Waals surface area (Å²) in [5.74, 6) is -0.358. The molecule has 0 bridgehead atoms. The van der Waals surface area contributed by atoms with Crippen molar-refractivity contribution in [3.63, 3.8) is 0 Å². The second-order valence-electron chi connectivity index (χ2n) is 4.06. The standard InChI is InChI=1S/C14H14N2O3/c1-3-10-7-12(16-8-15-10)19-13-9(2)5-4-6-11(13)14(17)18/h4-8H,3H2,1-2H3,(H,17,18). The number of aryl methyl sites for hydroxylation is 2. The Morgan fingerprint density at radius 3 is 2.84 bits per heavy atom. The van der Waals surface area contributed by atoms with Gasteiger partial charge in [-0.2, -0.15) is 0 Å². The number of aromatic carboxylic acids is 1. The molecule has 0 aliphatic rings. The Morgan fingerprint density at radius 2 is 2.16 bits per heavy atom. The summed E-state index contributed by atoms with van der Waals surface area (Å²) in [5, 5.41) is 9.16. The third-order valence-corrected chi connectivity index (χ3v) is 2.71. The summed E-state index contributed by atoms with van der Waals surface area (Å²) >= 11 is 0. The first kappa shape index (κ1) is 13.0. The Balaban J connectivity index is 2.40. The van der Waals surface area contributed by atoms with Crippen molar-refractivity contribution >= 4 is 5.97 Å². The van der Waals surface area contributed by atoms with Crippen LogP contribution >= 0.6 is 0 Å². The summed E-state index contributed by atoms with van der Waals surface area (Å²) in [5.41, 5.74) is 1.71. The molecular weight excluding hydrogens is 244 g/mol. The maximum absolute atomic E-state index is 11.2. The number of hydrogen-bond donors (Lipinski definition) is 1. The molecule has 0 fully saturated rings. The molecule has 5 nitrogen and oxygen atoms in total. The molecule has 1 aromatic heterocycles. The quantitative estimate of drug-likeness (QED) is 0.912. The Hall–Kier alpha value is -2.43. The van der Waals surface area contributed by atoms with Crippen LogP contribution in [0.25, 0.3) is 0 Å². The first-order chi connectivity index (χ1) is 9.11. The van der Waals surface area contributed by atoms with Gasteiger partial charge in [0.15, 0.2) is 0 Å². The van der Waals surface area contributed by atoms with E-state index in [1.807, 2.05) is 6.92 Å². The third-order valence-electron chi connectivity index (χ3n) is 2.71. The highest BCUT2D eigenvalue weighted by atomic mass is 16.5. The first-order valence-electron chi connectivity index (χ1n) is 5.93. The van der Waals surface area contributed by atoms with Crippen molar-refractivity contribution in [1.82, 2.24) is 9.97 Å². The molecule has 0 unspecified atom stereocenters. The van der Waals surface area contributed by atoms with Gasteiger partial charge >= 0.3 is 5.97 Å². The average Bonchev–Trinajstić information content (AvgIpc) is 2.41. The molecule has 0 saturated carbocycles. The van der Waals surface area contributed by atoms with E-state index >= 15 is 0 Å². The second-order valence-corrected chi connectivity index (χ2v) is 4.06. The number of benzene rings is 1. The lowest BCUT2D eigenvalue weighted by Crippen LogP contribution is -2.02. The zero-order valence-electron chi connectivity index (χ0n) is 10.8. The molecule has 0 amide bonds.